The fraction of sp³-hybridized carbons (Fsp3) is 0.619. The summed E-state index contributed by atoms with van der Waals surface area (Å²) in [5, 5.41) is 0. The van der Waals surface area contributed by atoms with Crippen molar-refractivity contribution in [2.45, 2.75) is 62.9 Å². The number of nitrogens with zero attached hydrogens (tertiary/aromatic N) is 2. The zero-order valence-electron chi connectivity index (χ0n) is 15.6. The van der Waals surface area contributed by atoms with Gasteiger partial charge in [-0.2, -0.15) is 0 Å². The molecule has 3 fully saturated rings. The number of piperidine rings is 1. The van der Waals surface area contributed by atoms with E-state index >= 15 is 0 Å². The van der Waals surface area contributed by atoms with Crippen molar-refractivity contribution >= 4 is 11.8 Å². The van der Waals surface area contributed by atoms with Crippen molar-refractivity contribution in [3.05, 3.63) is 29.8 Å². The average molecular weight is 356 g/mol. The summed E-state index contributed by atoms with van der Waals surface area (Å²) in [6.07, 6.45) is 6.94. The summed E-state index contributed by atoms with van der Waals surface area (Å²) in [4.78, 5) is 30.3. The first-order chi connectivity index (χ1) is 12.7. The first-order valence-corrected chi connectivity index (χ1v) is 9.89. The second-order valence-electron chi connectivity index (χ2n) is 7.83. The molecule has 0 radical (unpaired) electrons. The smallest absolute Gasteiger partial charge is 0.248 e. The van der Waals surface area contributed by atoms with Crippen LogP contribution in [-0.4, -0.2) is 53.4 Å². The molecular weight excluding hydrogens is 328 g/mol. The minimum absolute atomic E-state index is 0.111. The van der Waals surface area contributed by atoms with Gasteiger partial charge < -0.3 is 14.5 Å². The van der Waals surface area contributed by atoms with Gasteiger partial charge in [0.15, 0.2) is 0 Å². The number of likely N-dealkylation sites (tertiary alicyclic amines) is 2. The Balaban J connectivity index is 1.47. The van der Waals surface area contributed by atoms with Crippen LogP contribution >= 0.6 is 0 Å². The second kappa shape index (κ2) is 6.93. The molecule has 0 aromatic heterocycles. The number of para-hydroxylation sites is 1. The van der Waals surface area contributed by atoms with Crippen LogP contribution in [0.15, 0.2) is 24.3 Å². The van der Waals surface area contributed by atoms with Crippen LogP contribution in [0.2, 0.25) is 0 Å². The lowest BCUT2D eigenvalue weighted by molar-refractivity contribution is -0.155. The fourth-order valence-corrected chi connectivity index (χ4v) is 4.76. The number of benzene rings is 1. The first-order valence-electron chi connectivity index (χ1n) is 9.89. The molecule has 0 bridgehead atoms. The highest BCUT2D eigenvalue weighted by Gasteiger charge is 2.54. The van der Waals surface area contributed by atoms with Crippen LogP contribution in [0.1, 0.15) is 50.5 Å². The molecule has 1 aromatic rings. The van der Waals surface area contributed by atoms with E-state index in [1.165, 1.54) is 0 Å². The second-order valence-corrected chi connectivity index (χ2v) is 7.83. The average Bonchev–Trinajstić information content (AvgIpc) is 3.42. The molecule has 2 heterocycles. The predicted octanol–water partition coefficient (Wildman–Crippen LogP) is 2.77. The quantitative estimate of drug-likeness (QED) is 0.815. The van der Waals surface area contributed by atoms with Gasteiger partial charge in [0.1, 0.15) is 11.3 Å². The number of amides is 2. The molecule has 1 spiro atoms. The number of carbonyl (C=O) groups excluding carboxylic acids is 2. The third kappa shape index (κ3) is 2.97. The Bertz CT molecular complexity index is 700. The highest BCUT2D eigenvalue weighted by atomic mass is 16.5. The number of carbonyl (C=O) groups is 2. The van der Waals surface area contributed by atoms with E-state index in [-0.39, 0.29) is 11.8 Å². The topological polar surface area (TPSA) is 49.9 Å². The summed E-state index contributed by atoms with van der Waals surface area (Å²) in [6.45, 7) is 1.59. The van der Waals surface area contributed by atoms with Crippen molar-refractivity contribution < 1.29 is 14.3 Å². The third-order valence-electron chi connectivity index (χ3n) is 6.23. The van der Waals surface area contributed by atoms with Gasteiger partial charge in [0.2, 0.25) is 11.8 Å². The normalized spacial score (nSPS) is 25.8. The van der Waals surface area contributed by atoms with E-state index in [2.05, 4.69) is 4.90 Å². The van der Waals surface area contributed by atoms with Crippen LogP contribution in [0.5, 0.6) is 5.75 Å². The Morgan fingerprint density at radius 3 is 2.65 bits per heavy atom. The van der Waals surface area contributed by atoms with Crippen LogP contribution in [0.25, 0.3) is 0 Å². The van der Waals surface area contributed by atoms with E-state index in [1.54, 1.807) is 7.11 Å². The summed E-state index contributed by atoms with van der Waals surface area (Å²) in [5.41, 5.74) is 0.491. The largest absolute Gasteiger partial charge is 0.496 e. The lowest BCUT2D eigenvalue weighted by Gasteiger charge is -2.45. The standard InChI is InChI=1S/C21H28N2O3/c1-26-18-7-3-2-6-16(18)8-11-19(24)23-15-5-13-21(23)12-4-14-22(20(21)25)17-9-10-17/h2-3,6-7,17H,4-5,8-15H2,1H3. The highest BCUT2D eigenvalue weighted by molar-refractivity contribution is 5.93. The van der Waals surface area contributed by atoms with E-state index < -0.39 is 5.54 Å². The van der Waals surface area contributed by atoms with E-state index in [0.29, 0.717) is 18.9 Å². The Morgan fingerprint density at radius 2 is 1.92 bits per heavy atom. The van der Waals surface area contributed by atoms with Crippen LogP contribution in [-0.2, 0) is 16.0 Å². The van der Waals surface area contributed by atoms with Crippen LogP contribution in [0.4, 0.5) is 0 Å². The molecule has 1 unspecified atom stereocenters. The monoisotopic (exact) mass is 356 g/mol. The Labute approximate surface area is 155 Å². The number of aryl methyl sites for hydroxylation is 1. The van der Waals surface area contributed by atoms with E-state index in [9.17, 15) is 9.59 Å². The predicted molar refractivity (Wildman–Crippen MR) is 99.0 cm³/mol. The number of hydrogen-bond acceptors (Lipinski definition) is 3. The number of ether oxygens (including phenoxy) is 1. The van der Waals surface area contributed by atoms with Crippen molar-refractivity contribution in [1.82, 2.24) is 9.80 Å². The maximum absolute atomic E-state index is 13.2. The Morgan fingerprint density at radius 1 is 1.19 bits per heavy atom. The molecule has 5 nitrogen and oxygen atoms in total. The molecule has 2 saturated heterocycles. The molecule has 1 aliphatic carbocycles. The van der Waals surface area contributed by atoms with Gasteiger partial charge in [-0.1, -0.05) is 18.2 Å². The number of rotatable bonds is 5. The van der Waals surface area contributed by atoms with Gasteiger partial charge in [0.25, 0.3) is 0 Å². The summed E-state index contributed by atoms with van der Waals surface area (Å²) in [6, 6.07) is 8.28. The molecule has 3 aliphatic rings. The molecule has 0 N–H and O–H groups in total. The SMILES string of the molecule is COc1ccccc1CCC(=O)N1CCCC12CCCN(C1CC1)C2=O. The Hall–Kier alpha value is -2.04. The van der Waals surface area contributed by atoms with Gasteiger partial charge in [-0.25, -0.2) is 0 Å². The lowest BCUT2D eigenvalue weighted by atomic mass is 9.85. The minimum Gasteiger partial charge on any atom is -0.496 e. The molecule has 4 rings (SSSR count). The van der Waals surface area contributed by atoms with Gasteiger partial charge in [-0.3, -0.25) is 9.59 Å². The maximum atomic E-state index is 13.2. The summed E-state index contributed by atoms with van der Waals surface area (Å²) < 4.78 is 5.39. The van der Waals surface area contributed by atoms with Crippen molar-refractivity contribution in [3.63, 3.8) is 0 Å². The summed E-state index contributed by atoms with van der Waals surface area (Å²) in [7, 11) is 1.66. The van der Waals surface area contributed by atoms with E-state index in [4.69, 9.17) is 4.74 Å². The van der Waals surface area contributed by atoms with E-state index in [0.717, 1.165) is 62.9 Å². The first kappa shape index (κ1) is 17.4. The van der Waals surface area contributed by atoms with Gasteiger partial charge in [-0.05, 0) is 56.6 Å². The van der Waals surface area contributed by atoms with Crippen molar-refractivity contribution in [2.75, 3.05) is 20.2 Å². The fourth-order valence-electron chi connectivity index (χ4n) is 4.76. The number of hydrogen-bond donors (Lipinski definition) is 0. The lowest BCUT2D eigenvalue weighted by Crippen LogP contribution is -2.61. The molecule has 26 heavy (non-hydrogen) atoms. The molecular formula is C21H28N2O3. The van der Waals surface area contributed by atoms with Crippen LogP contribution in [0.3, 0.4) is 0 Å². The zero-order valence-corrected chi connectivity index (χ0v) is 15.6. The van der Waals surface area contributed by atoms with Gasteiger partial charge >= 0.3 is 0 Å². The molecule has 2 amide bonds. The maximum Gasteiger partial charge on any atom is 0.248 e. The summed E-state index contributed by atoms with van der Waals surface area (Å²) in [5.74, 6) is 1.15. The molecule has 1 aromatic carbocycles. The van der Waals surface area contributed by atoms with Crippen molar-refractivity contribution in [3.8, 4) is 5.75 Å². The van der Waals surface area contributed by atoms with E-state index in [1.807, 2.05) is 29.2 Å². The molecule has 5 heteroatoms. The molecule has 1 atom stereocenters. The minimum atomic E-state index is -0.557. The van der Waals surface area contributed by atoms with Crippen molar-refractivity contribution in [1.29, 1.82) is 0 Å². The van der Waals surface area contributed by atoms with Gasteiger partial charge in [0.05, 0.1) is 7.11 Å². The van der Waals surface area contributed by atoms with Gasteiger partial charge in [-0.15, -0.1) is 0 Å². The van der Waals surface area contributed by atoms with Gasteiger partial charge in [0, 0.05) is 25.6 Å². The highest BCUT2D eigenvalue weighted by Crippen LogP contribution is 2.42. The zero-order chi connectivity index (χ0) is 18.1. The molecule has 1 saturated carbocycles. The third-order valence-corrected chi connectivity index (χ3v) is 6.23. The molecule has 140 valence electrons. The van der Waals surface area contributed by atoms with Crippen LogP contribution < -0.4 is 4.74 Å². The summed E-state index contributed by atoms with van der Waals surface area (Å²) >= 11 is 0. The van der Waals surface area contributed by atoms with Crippen molar-refractivity contribution in [2.24, 2.45) is 0 Å². The Kier molecular flexibility index (Phi) is 4.63. The number of methoxy groups -OCH3 is 1. The molecule has 2 aliphatic heterocycles. The van der Waals surface area contributed by atoms with Crippen LogP contribution in [0, 0.1) is 0 Å².